The van der Waals surface area contributed by atoms with E-state index in [9.17, 15) is 0 Å². The van der Waals surface area contributed by atoms with Gasteiger partial charge in [0.25, 0.3) is 0 Å². The van der Waals surface area contributed by atoms with Crippen LogP contribution in [0.1, 0.15) is 11.8 Å². The van der Waals surface area contributed by atoms with Gasteiger partial charge in [-0.25, -0.2) is 4.98 Å². The van der Waals surface area contributed by atoms with Crippen LogP contribution in [-0.4, -0.2) is 10.7 Å². The Morgan fingerprint density at radius 3 is 2.89 bits per heavy atom. The maximum absolute atomic E-state index is 6.02. The Kier molecular flexibility index (Phi) is 5.18. The standard InChI is InChI=1S/C12H12Cl2N2S2/c1-2-17-11-4-3-8(13)5-10(11)15-6-9-7-16-12(14)18-9/h3-5,7,15H,2,6H2,1H3. The zero-order valence-corrected chi connectivity index (χ0v) is 12.9. The van der Waals surface area contributed by atoms with Gasteiger partial charge in [-0.2, -0.15) is 0 Å². The van der Waals surface area contributed by atoms with E-state index in [1.807, 2.05) is 18.2 Å². The summed E-state index contributed by atoms with van der Waals surface area (Å²) in [6.45, 7) is 2.84. The number of rotatable bonds is 5. The van der Waals surface area contributed by atoms with Gasteiger partial charge in [0.15, 0.2) is 4.47 Å². The Balaban J connectivity index is 2.09. The molecular weight excluding hydrogens is 307 g/mol. The Morgan fingerprint density at radius 2 is 2.22 bits per heavy atom. The topological polar surface area (TPSA) is 24.9 Å². The quantitative estimate of drug-likeness (QED) is 0.769. The molecule has 1 N–H and O–H groups in total. The molecule has 0 radical (unpaired) electrons. The fraction of sp³-hybridized carbons (Fsp3) is 0.250. The van der Waals surface area contributed by atoms with E-state index in [0.29, 0.717) is 11.0 Å². The summed E-state index contributed by atoms with van der Waals surface area (Å²) in [6.07, 6.45) is 1.79. The van der Waals surface area contributed by atoms with E-state index < -0.39 is 0 Å². The first-order valence-corrected chi connectivity index (χ1v) is 8.01. The lowest BCUT2D eigenvalue weighted by Gasteiger charge is -2.10. The summed E-state index contributed by atoms with van der Waals surface area (Å²) in [4.78, 5) is 6.33. The molecule has 2 rings (SSSR count). The van der Waals surface area contributed by atoms with Crippen LogP contribution < -0.4 is 5.32 Å². The summed E-state index contributed by atoms with van der Waals surface area (Å²) in [5, 5.41) is 4.11. The van der Waals surface area contributed by atoms with Gasteiger partial charge < -0.3 is 5.32 Å². The van der Waals surface area contributed by atoms with Crippen molar-refractivity contribution in [3.63, 3.8) is 0 Å². The van der Waals surface area contributed by atoms with Crippen molar-refractivity contribution < 1.29 is 0 Å². The van der Waals surface area contributed by atoms with Gasteiger partial charge in [-0.05, 0) is 24.0 Å². The molecule has 1 aromatic heterocycles. The second-order valence-electron chi connectivity index (χ2n) is 3.51. The van der Waals surface area contributed by atoms with Gasteiger partial charge in [0.2, 0.25) is 0 Å². The van der Waals surface area contributed by atoms with Crippen molar-refractivity contribution in [1.82, 2.24) is 4.98 Å². The molecule has 2 aromatic rings. The molecule has 0 aliphatic heterocycles. The molecule has 0 aliphatic carbocycles. The first kappa shape index (κ1) is 14.0. The van der Waals surface area contributed by atoms with Crippen molar-refractivity contribution in [2.75, 3.05) is 11.1 Å². The first-order chi connectivity index (χ1) is 8.69. The highest BCUT2D eigenvalue weighted by molar-refractivity contribution is 7.99. The number of aromatic nitrogens is 1. The number of thioether (sulfide) groups is 1. The molecule has 0 amide bonds. The van der Waals surface area contributed by atoms with E-state index in [-0.39, 0.29) is 0 Å². The van der Waals surface area contributed by atoms with Gasteiger partial charge in [-0.3, -0.25) is 0 Å². The van der Waals surface area contributed by atoms with Crippen molar-refractivity contribution in [3.8, 4) is 0 Å². The molecule has 0 atom stereocenters. The fourth-order valence-corrected chi connectivity index (χ4v) is 3.32. The third-order valence-electron chi connectivity index (χ3n) is 2.22. The summed E-state index contributed by atoms with van der Waals surface area (Å²) in [7, 11) is 0. The number of thiazole rings is 1. The van der Waals surface area contributed by atoms with Gasteiger partial charge in [0.05, 0.1) is 6.54 Å². The monoisotopic (exact) mass is 318 g/mol. The predicted octanol–water partition coefficient (Wildman–Crippen LogP) is 5.17. The fourth-order valence-electron chi connectivity index (χ4n) is 1.47. The smallest absolute Gasteiger partial charge is 0.183 e. The number of benzene rings is 1. The molecule has 1 heterocycles. The lowest BCUT2D eigenvalue weighted by Crippen LogP contribution is -1.99. The molecule has 1 aromatic carbocycles. The molecule has 0 aliphatic rings. The predicted molar refractivity (Wildman–Crippen MR) is 82.3 cm³/mol. The molecular formula is C12H12Cl2N2S2. The maximum Gasteiger partial charge on any atom is 0.183 e. The van der Waals surface area contributed by atoms with E-state index in [1.54, 1.807) is 18.0 Å². The lowest BCUT2D eigenvalue weighted by molar-refractivity contribution is 1.15. The highest BCUT2D eigenvalue weighted by Crippen LogP contribution is 2.30. The van der Waals surface area contributed by atoms with Crippen molar-refractivity contribution >= 4 is 52.0 Å². The van der Waals surface area contributed by atoms with E-state index in [0.717, 1.165) is 21.3 Å². The van der Waals surface area contributed by atoms with Crippen LogP contribution in [0.25, 0.3) is 0 Å². The molecule has 0 bridgehead atoms. The highest BCUT2D eigenvalue weighted by atomic mass is 35.5. The minimum atomic E-state index is 0.570. The molecule has 0 spiro atoms. The van der Waals surface area contributed by atoms with Crippen molar-refractivity contribution in [1.29, 1.82) is 0 Å². The Bertz CT molecular complexity index is 529. The summed E-state index contributed by atoms with van der Waals surface area (Å²) in [5.74, 6) is 1.03. The maximum atomic E-state index is 6.02. The van der Waals surface area contributed by atoms with Crippen molar-refractivity contribution in [3.05, 3.63) is 38.8 Å². The number of hydrogen-bond donors (Lipinski definition) is 1. The number of anilines is 1. The minimum absolute atomic E-state index is 0.570. The number of halogens is 2. The Hall–Kier alpha value is -0.420. The lowest BCUT2D eigenvalue weighted by atomic mass is 10.3. The van der Waals surface area contributed by atoms with Crippen LogP contribution in [0, 0.1) is 0 Å². The van der Waals surface area contributed by atoms with E-state index in [4.69, 9.17) is 23.2 Å². The second kappa shape index (κ2) is 6.66. The number of hydrogen-bond acceptors (Lipinski definition) is 4. The van der Waals surface area contributed by atoms with Gasteiger partial charge in [-0.15, -0.1) is 23.1 Å². The van der Waals surface area contributed by atoms with E-state index >= 15 is 0 Å². The molecule has 0 saturated heterocycles. The highest BCUT2D eigenvalue weighted by Gasteiger charge is 2.05. The molecule has 0 unspecified atom stereocenters. The van der Waals surface area contributed by atoms with Crippen LogP contribution in [0.5, 0.6) is 0 Å². The summed E-state index contributed by atoms with van der Waals surface area (Å²) in [5.41, 5.74) is 1.05. The molecule has 96 valence electrons. The largest absolute Gasteiger partial charge is 0.379 e. The van der Waals surface area contributed by atoms with Crippen molar-refractivity contribution in [2.24, 2.45) is 0 Å². The van der Waals surface area contributed by atoms with Crippen LogP contribution in [0.2, 0.25) is 9.49 Å². The van der Waals surface area contributed by atoms with Crippen LogP contribution >= 0.6 is 46.3 Å². The molecule has 18 heavy (non-hydrogen) atoms. The molecule has 0 saturated carbocycles. The first-order valence-electron chi connectivity index (χ1n) is 5.45. The number of nitrogens with one attached hydrogen (secondary N) is 1. The third-order valence-corrected chi connectivity index (χ3v) is 4.53. The van der Waals surface area contributed by atoms with Crippen LogP contribution in [-0.2, 0) is 6.54 Å². The molecule has 2 nitrogen and oxygen atoms in total. The summed E-state index contributed by atoms with van der Waals surface area (Å²) < 4.78 is 0.570. The molecule has 6 heteroatoms. The van der Waals surface area contributed by atoms with Crippen LogP contribution in [0.4, 0.5) is 5.69 Å². The molecule has 0 fully saturated rings. The van der Waals surface area contributed by atoms with Crippen molar-refractivity contribution in [2.45, 2.75) is 18.4 Å². The normalized spacial score (nSPS) is 10.6. The minimum Gasteiger partial charge on any atom is -0.379 e. The zero-order chi connectivity index (χ0) is 13.0. The van der Waals surface area contributed by atoms with Crippen LogP contribution in [0.3, 0.4) is 0 Å². The van der Waals surface area contributed by atoms with Gasteiger partial charge in [0.1, 0.15) is 0 Å². The SMILES string of the molecule is CCSc1ccc(Cl)cc1NCc1cnc(Cl)s1. The summed E-state index contributed by atoms with van der Waals surface area (Å²) in [6, 6.07) is 5.90. The van der Waals surface area contributed by atoms with Gasteiger partial charge in [-0.1, -0.05) is 30.1 Å². The van der Waals surface area contributed by atoms with E-state index in [2.05, 4.69) is 17.2 Å². The average molecular weight is 319 g/mol. The summed E-state index contributed by atoms with van der Waals surface area (Å²) >= 11 is 15.1. The second-order valence-corrected chi connectivity index (χ2v) is 6.95. The Morgan fingerprint density at radius 1 is 1.39 bits per heavy atom. The Labute approximate surface area is 125 Å². The van der Waals surface area contributed by atoms with Gasteiger partial charge >= 0.3 is 0 Å². The average Bonchev–Trinajstić information content (AvgIpc) is 2.76. The number of nitrogens with zero attached hydrogens (tertiary/aromatic N) is 1. The van der Waals surface area contributed by atoms with Gasteiger partial charge in [0, 0.05) is 26.7 Å². The van der Waals surface area contributed by atoms with Crippen LogP contribution in [0.15, 0.2) is 29.3 Å². The zero-order valence-electron chi connectivity index (χ0n) is 9.74. The third kappa shape index (κ3) is 3.79. The van der Waals surface area contributed by atoms with E-state index in [1.165, 1.54) is 16.2 Å².